The highest BCUT2D eigenvalue weighted by Gasteiger charge is 2.33. The van der Waals surface area contributed by atoms with Crippen LogP contribution in [0.3, 0.4) is 0 Å². The van der Waals surface area contributed by atoms with Crippen LogP contribution in [0.1, 0.15) is 28.9 Å². The molecule has 1 aromatic carbocycles. The molecule has 7 nitrogen and oxygen atoms in total. The van der Waals surface area contributed by atoms with Gasteiger partial charge in [-0.15, -0.1) is 11.3 Å². The number of aliphatic carboxylic acids is 1. The zero-order valence-electron chi connectivity index (χ0n) is 13.9. The van der Waals surface area contributed by atoms with Gasteiger partial charge in [0, 0.05) is 16.9 Å². The minimum Gasteiger partial charge on any atom is -0.480 e. The van der Waals surface area contributed by atoms with E-state index >= 15 is 0 Å². The molecule has 142 valence electrons. The van der Waals surface area contributed by atoms with Gasteiger partial charge in [-0.05, 0) is 31.0 Å². The summed E-state index contributed by atoms with van der Waals surface area (Å²) in [5.74, 6) is -1.72. The first kappa shape index (κ1) is 19.6. The number of nitrogens with zero attached hydrogens (tertiary/aromatic N) is 2. The largest absolute Gasteiger partial charge is 0.480 e. The number of carboxylic acids is 1. The summed E-state index contributed by atoms with van der Waals surface area (Å²) in [5, 5.41) is 14.4. The number of rotatable bonds is 5. The van der Waals surface area contributed by atoms with E-state index in [2.05, 4.69) is 10.3 Å². The molecule has 1 aromatic heterocycles. The van der Waals surface area contributed by atoms with Crippen LogP contribution >= 0.6 is 34.5 Å². The number of thiazole rings is 1. The molecule has 27 heavy (non-hydrogen) atoms. The lowest BCUT2D eigenvalue weighted by molar-refractivity contribution is -0.148. The van der Waals surface area contributed by atoms with Crippen molar-refractivity contribution in [2.24, 2.45) is 0 Å². The number of nitrogens with one attached hydrogen (secondary N) is 1. The van der Waals surface area contributed by atoms with E-state index in [0.717, 1.165) is 0 Å². The molecule has 0 bridgehead atoms. The van der Waals surface area contributed by atoms with Crippen LogP contribution in [0.15, 0.2) is 23.6 Å². The number of halogens is 2. The van der Waals surface area contributed by atoms with Gasteiger partial charge >= 0.3 is 5.97 Å². The predicted molar refractivity (Wildman–Crippen MR) is 103 cm³/mol. The van der Waals surface area contributed by atoms with E-state index in [1.54, 1.807) is 11.4 Å². The Bertz CT molecular complexity index is 902. The summed E-state index contributed by atoms with van der Waals surface area (Å²) in [4.78, 5) is 41.5. The number of carboxylic acid groups (broad SMARTS) is 1. The van der Waals surface area contributed by atoms with Crippen LogP contribution in [0.25, 0.3) is 0 Å². The number of hydrogen-bond acceptors (Lipinski definition) is 5. The highest BCUT2D eigenvalue weighted by atomic mass is 35.5. The molecule has 1 fully saturated rings. The summed E-state index contributed by atoms with van der Waals surface area (Å²) in [7, 11) is 0. The lowest BCUT2D eigenvalue weighted by Crippen LogP contribution is -2.41. The number of carbonyl (C=O) groups excluding carboxylic acids is 2. The average molecular weight is 428 g/mol. The van der Waals surface area contributed by atoms with Crippen molar-refractivity contribution < 1.29 is 19.5 Å². The summed E-state index contributed by atoms with van der Waals surface area (Å²) >= 11 is 13.0. The summed E-state index contributed by atoms with van der Waals surface area (Å²) in [6.45, 7) is 0.429. The zero-order chi connectivity index (χ0) is 19.6. The molecular formula is C17H15Cl2N3O4S. The second-order valence-electron chi connectivity index (χ2n) is 5.98. The summed E-state index contributed by atoms with van der Waals surface area (Å²) in [5.41, 5.74) is 0.730. The third-order valence-electron chi connectivity index (χ3n) is 4.14. The quantitative estimate of drug-likeness (QED) is 0.761. The van der Waals surface area contributed by atoms with Crippen molar-refractivity contribution in [3.63, 3.8) is 0 Å². The Morgan fingerprint density at radius 1 is 1.33 bits per heavy atom. The number of carbonyl (C=O) groups is 3. The number of likely N-dealkylation sites (tertiary alicyclic amines) is 1. The van der Waals surface area contributed by atoms with Gasteiger partial charge < -0.3 is 10.0 Å². The van der Waals surface area contributed by atoms with Crippen LogP contribution in [-0.2, 0) is 16.0 Å². The maximum atomic E-state index is 12.4. The summed E-state index contributed by atoms with van der Waals surface area (Å²) in [6, 6.07) is 3.77. The number of benzene rings is 1. The number of anilines is 1. The molecule has 2 N–H and O–H groups in total. The van der Waals surface area contributed by atoms with Crippen LogP contribution in [0.5, 0.6) is 0 Å². The Morgan fingerprint density at radius 2 is 2.11 bits per heavy atom. The SMILES string of the molecule is O=C(Nc1nc(CC(=O)N2CCCC2C(=O)O)cs1)c1ccc(Cl)cc1Cl. The van der Waals surface area contributed by atoms with E-state index < -0.39 is 17.9 Å². The van der Waals surface area contributed by atoms with Gasteiger partial charge in [-0.3, -0.25) is 14.9 Å². The van der Waals surface area contributed by atoms with E-state index in [1.165, 1.54) is 28.4 Å². The monoisotopic (exact) mass is 427 g/mol. The number of aromatic nitrogens is 1. The Labute approximate surface area is 168 Å². The van der Waals surface area contributed by atoms with Gasteiger partial charge in [-0.25, -0.2) is 9.78 Å². The molecule has 10 heteroatoms. The summed E-state index contributed by atoms with van der Waals surface area (Å²) in [6.07, 6.45) is 1.11. The molecular weight excluding hydrogens is 413 g/mol. The smallest absolute Gasteiger partial charge is 0.326 e. The lowest BCUT2D eigenvalue weighted by atomic mass is 10.2. The molecule has 0 spiro atoms. The Morgan fingerprint density at radius 3 is 2.81 bits per heavy atom. The lowest BCUT2D eigenvalue weighted by Gasteiger charge is -2.20. The molecule has 2 heterocycles. The van der Waals surface area contributed by atoms with Crippen molar-refractivity contribution >= 4 is 57.5 Å². The Balaban J connectivity index is 1.64. The summed E-state index contributed by atoms with van der Waals surface area (Å²) < 4.78 is 0. The minimum absolute atomic E-state index is 0.0160. The molecule has 1 aliphatic heterocycles. The zero-order valence-corrected chi connectivity index (χ0v) is 16.3. The van der Waals surface area contributed by atoms with Crippen molar-refractivity contribution in [1.29, 1.82) is 0 Å². The first-order valence-electron chi connectivity index (χ1n) is 8.08. The fourth-order valence-corrected chi connectivity index (χ4v) is 4.06. The predicted octanol–water partition coefficient (Wildman–Crippen LogP) is 3.32. The van der Waals surface area contributed by atoms with Crippen LogP contribution < -0.4 is 5.32 Å². The molecule has 1 saturated heterocycles. The van der Waals surface area contributed by atoms with Gasteiger partial charge in [-0.2, -0.15) is 0 Å². The molecule has 1 aliphatic rings. The second-order valence-corrected chi connectivity index (χ2v) is 7.68. The van der Waals surface area contributed by atoms with Gasteiger partial charge in [0.1, 0.15) is 6.04 Å². The van der Waals surface area contributed by atoms with Crippen LogP contribution in [0.4, 0.5) is 5.13 Å². The minimum atomic E-state index is -0.994. The first-order valence-corrected chi connectivity index (χ1v) is 9.72. The molecule has 1 atom stereocenters. The maximum absolute atomic E-state index is 12.4. The third-order valence-corrected chi connectivity index (χ3v) is 5.49. The van der Waals surface area contributed by atoms with E-state index in [-0.39, 0.29) is 22.9 Å². The molecule has 1 unspecified atom stereocenters. The van der Waals surface area contributed by atoms with Gasteiger partial charge in [0.25, 0.3) is 5.91 Å². The van der Waals surface area contributed by atoms with Crippen molar-refractivity contribution in [2.75, 3.05) is 11.9 Å². The van der Waals surface area contributed by atoms with Crippen molar-refractivity contribution in [3.8, 4) is 0 Å². The molecule has 2 amide bonds. The number of amides is 2. The van der Waals surface area contributed by atoms with Crippen molar-refractivity contribution in [2.45, 2.75) is 25.3 Å². The third kappa shape index (κ3) is 4.58. The molecule has 0 aliphatic carbocycles. The van der Waals surface area contributed by atoms with Crippen LogP contribution in [-0.4, -0.2) is 45.4 Å². The van der Waals surface area contributed by atoms with Crippen LogP contribution in [0, 0.1) is 0 Å². The molecule has 3 rings (SSSR count). The first-order chi connectivity index (χ1) is 12.8. The fourth-order valence-electron chi connectivity index (χ4n) is 2.86. The Hall–Kier alpha value is -2.16. The van der Waals surface area contributed by atoms with Crippen molar-refractivity contribution in [3.05, 3.63) is 44.9 Å². The second kappa shape index (κ2) is 8.24. The normalized spacial score (nSPS) is 16.4. The average Bonchev–Trinajstić information content (AvgIpc) is 3.24. The van der Waals surface area contributed by atoms with Gasteiger partial charge in [-0.1, -0.05) is 23.2 Å². The van der Waals surface area contributed by atoms with Crippen molar-refractivity contribution in [1.82, 2.24) is 9.88 Å². The van der Waals surface area contributed by atoms with E-state index in [1.807, 2.05) is 0 Å². The fraction of sp³-hybridized carbons (Fsp3) is 0.294. The topological polar surface area (TPSA) is 99.6 Å². The maximum Gasteiger partial charge on any atom is 0.326 e. The van der Waals surface area contributed by atoms with E-state index in [9.17, 15) is 19.5 Å². The van der Waals surface area contributed by atoms with E-state index in [0.29, 0.717) is 35.2 Å². The van der Waals surface area contributed by atoms with Gasteiger partial charge in [0.05, 0.1) is 22.7 Å². The van der Waals surface area contributed by atoms with Crippen LogP contribution in [0.2, 0.25) is 10.0 Å². The standard InChI is InChI=1S/C17H15Cl2N3O4S/c18-9-3-4-11(12(19)6-9)15(24)21-17-20-10(8-27-17)7-14(23)22-5-1-2-13(22)16(25)26/h3-4,6,8,13H,1-2,5,7H2,(H,25,26)(H,20,21,24). The molecule has 2 aromatic rings. The molecule has 0 radical (unpaired) electrons. The highest BCUT2D eigenvalue weighted by Crippen LogP contribution is 2.24. The van der Waals surface area contributed by atoms with Gasteiger partial charge in [0.2, 0.25) is 5.91 Å². The highest BCUT2D eigenvalue weighted by molar-refractivity contribution is 7.14. The Kier molecular flexibility index (Phi) is 5.98. The molecule has 0 saturated carbocycles. The van der Waals surface area contributed by atoms with Gasteiger partial charge in [0.15, 0.2) is 5.13 Å². The van der Waals surface area contributed by atoms with E-state index in [4.69, 9.17) is 23.2 Å². The number of hydrogen-bond donors (Lipinski definition) is 2.